The number of H-pyrrole nitrogens is 1. The average molecular weight is 273 g/mol. The van der Waals surface area contributed by atoms with Crippen molar-refractivity contribution in [2.45, 2.75) is 13.0 Å². The van der Waals surface area contributed by atoms with E-state index in [2.05, 4.69) is 15.5 Å². The summed E-state index contributed by atoms with van der Waals surface area (Å²) in [6.07, 6.45) is 1.68. The number of hydrogen-bond acceptors (Lipinski definition) is 2. The van der Waals surface area contributed by atoms with Crippen LogP contribution >= 0.6 is 0 Å². The van der Waals surface area contributed by atoms with Gasteiger partial charge in [-0.15, -0.1) is 0 Å². The Morgan fingerprint density at radius 1 is 1.10 bits per heavy atom. The summed E-state index contributed by atoms with van der Waals surface area (Å²) in [6.45, 7) is 1.72. The molecule has 0 aliphatic rings. The molecule has 0 aliphatic heterocycles. The molecule has 20 heavy (non-hydrogen) atoms. The molecule has 0 saturated heterocycles. The maximum atomic E-state index is 13.8. The molecule has 0 spiro atoms. The highest BCUT2D eigenvalue weighted by atomic mass is 19.1. The van der Waals surface area contributed by atoms with Gasteiger partial charge in [-0.1, -0.05) is 12.1 Å². The molecule has 3 rings (SSSR count). The van der Waals surface area contributed by atoms with Crippen LogP contribution < -0.4 is 5.32 Å². The van der Waals surface area contributed by atoms with Crippen LogP contribution in [0.3, 0.4) is 0 Å². The third-order valence-electron chi connectivity index (χ3n) is 3.29. The maximum absolute atomic E-state index is 13.8. The van der Waals surface area contributed by atoms with Gasteiger partial charge in [0.25, 0.3) is 0 Å². The van der Waals surface area contributed by atoms with Crippen LogP contribution in [0.4, 0.5) is 14.5 Å². The van der Waals surface area contributed by atoms with E-state index in [-0.39, 0.29) is 5.56 Å². The first kappa shape index (κ1) is 12.6. The van der Waals surface area contributed by atoms with Gasteiger partial charge in [0, 0.05) is 16.6 Å². The molecule has 5 heteroatoms. The zero-order valence-corrected chi connectivity index (χ0v) is 10.8. The first-order chi connectivity index (χ1) is 9.66. The zero-order chi connectivity index (χ0) is 14.1. The number of benzene rings is 2. The number of nitrogens with zero attached hydrogens (tertiary/aromatic N) is 1. The molecule has 2 N–H and O–H groups in total. The van der Waals surface area contributed by atoms with E-state index in [1.807, 2.05) is 18.2 Å². The number of hydrogen-bond donors (Lipinski definition) is 2. The minimum Gasteiger partial charge on any atom is -0.378 e. The SMILES string of the molecule is CC(Nc1cccc2[nH]ncc12)c1c(F)cccc1F. The molecule has 0 fully saturated rings. The summed E-state index contributed by atoms with van der Waals surface area (Å²) in [4.78, 5) is 0. The molecule has 3 nitrogen and oxygen atoms in total. The monoisotopic (exact) mass is 273 g/mol. The Hall–Kier alpha value is -2.43. The minimum absolute atomic E-state index is 0.0352. The first-order valence-corrected chi connectivity index (χ1v) is 6.29. The molecule has 3 aromatic rings. The fourth-order valence-corrected chi connectivity index (χ4v) is 2.32. The van der Waals surface area contributed by atoms with Gasteiger partial charge in [0.2, 0.25) is 0 Å². The van der Waals surface area contributed by atoms with E-state index in [4.69, 9.17) is 0 Å². The van der Waals surface area contributed by atoms with Gasteiger partial charge < -0.3 is 5.32 Å². The summed E-state index contributed by atoms with van der Waals surface area (Å²) in [7, 11) is 0. The summed E-state index contributed by atoms with van der Waals surface area (Å²) in [6, 6.07) is 8.99. The number of nitrogens with one attached hydrogen (secondary N) is 2. The van der Waals surface area contributed by atoms with Gasteiger partial charge in [0.1, 0.15) is 11.6 Å². The Kier molecular flexibility index (Phi) is 3.10. The van der Waals surface area contributed by atoms with Gasteiger partial charge in [-0.2, -0.15) is 5.10 Å². The summed E-state index contributed by atoms with van der Waals surface area (Å²) in [5.41, 5.74) is 1.69. The van der Waals surface area contributed by atoms with Crippen molar-refractivity contribution in [3.8, 4) is 0 Å². The van der Waals surface area contributed by atoms with Crippen molar-refractivity contribution >= 4 is 16.6 Å². The molecular weight excluding hydrogens is 260 g/mol. The van der Waals surface area contributed by atoms with E-state index >= 15 is 0 Å². The predicted molar refractivity (Wildman–Crippen MR) is 74.5 cm³/mol. The largest absolute Gasteiger partial charge is 0.378 e. The topological polar surface area (TPSA) is 40.7 Å². The summed E-state index contributed by atoms with van der Waals surface area (Å²) < 4.78 is 27.5. The van der Waals surface area contributed by atoms with Crippen LogP contribution in [-0.2, 0) is 0 Å². The second kappa shape index (κ2) is 4.92. The Balaban J connectivity index is 1.97. The number of aromatic nitrogens is 2. The molecular formula is C15H13F2N3. The second-order valence-electron chi connectivity index (χ2n) is 4.64. The van der Waals surface area contributed by atoms with Crippen LogP contribution in [-0.4, -0.2) is 10.2 Å². The molecule has 1 atom stereocenters. The van der Waals surface area contributed by atoms with Crippen LogP contribution in [0.5, 0.6) is 0 Å². The van der Waals surface area contributed by atoms with Crippen LogP contribution in [0.25, 0.3) is 10.9 Å². The average Bonchev–Trinajstić information content (AvgIpc) is 2.88. The number of aromatic amines is 1. The molecule has 1 unspecified atom stereocenters. The first-order valence-electron chi connectivity index (χ1n) is 6.29. The Morgan fingerprint density at radius 2 is 1.80 bits per heavy atom. The van der Waals surface area contributed by atoms with Gasteiger partial charge in [0.05, 0.1) is 17.8 Å². The molecule has 0 bridgehead atoms. The van der Waals surface area contributed by atoms with Crippen molar-refractivity contribution in [2.75, 3.05) is 5.32 Å². The maximum Gasteiger partial charge on any atom is 0.131 e. The van der Waals surface area contributed by atoms with E-state index in [1.165, 1.54) is 18.2 Å². The van der Waals surface area contributed by atoms with Crippen molar-refractivity contribution in [2.24, 2.45) is 0 Å². The quantitative estimate of drug-likeness (QED) is 0.756. The van der Waals surface area contributed by atoms with E-state index in [1.54, 1.807) is 13.1 Å². The second-order valence-corrected chi connectivity index (χ2v) is 4.64. The van der Waals surface area contributed by atoms with Crippen molar-refractivity contribution in [1.82, 2.24) is 10.2 Å². The third-order valence-corrected chi connectivity index (χ3v) is 3.29. The lowest BCUT2D eigenvalue weighted by atomic mass is 10.1. The number of rotatable bonds is 3. The van der Waals surface area contributed by atoms with Crippen molar-refractivity contribution in [1.29, 1.82) is 0 Å². The smallest absolute Gasteiger partial charge is 0.131 e. The van der Waals surface area contributed by atoms with E-state index in [0.717, 1.165) is 16.6 Å². The van der Waals surface area contributed by atoms with E-state index in [0.29, 0.717) is 0 Å². The van der Waals surface area contributed by atoms with Gasteiger partial charge in [-0.05, 0) is 31.2 Å². The molecule has 0 saturated carbocycles. The summed E-state index contributed by atoms with van der Waals surface area (Å²) in [5, 5.41) is 10.8. The number of fused-ring (bicyclic) bond motifs is 1. The van der Waals surface area contributed by atoms with Crippen molar-refractivity contribution in [3.63, 3.8) is 0 Å². The number of halogens is 2. The lowest BCUT2D eigenvalue weighted by molar-refractivity contribution is 0.544. The molecule has 0 amide bonds. The lowest BCUT2D eigenvalue weighted by Crippen LogP contribution is -2.11. The van der Waals surface area contributed by atoms with Crippen LogP contribution in [0.1, 0.15) is 18.5 Å². The van der Waals surface area contributed by atoms with Crippen LogP contribution in [0, 0.1) is 11.6 Å². The fraction of sp³-hybridized carbons (Fsp3) is 0.133. The highest BCUT2D eigenvalue weighted by Gasteiger charge is 2.16. The molecule has 0 radical (unpaired) electrons. The Labute approximate surface area is 114 Å². The zero-order valence-electron chi connectivity index (χ0n) is 10.8. The van der Waals surface area contributed by atoms with Gasteiger partial charge in [-0.3, -0.25) is 5.10 Å². The fourth-order valence-electron chi connectivity index (χ4n) is 2.32. The standard InChI is InChI=1S/C15H13F2N3/c1-9(15-11(16)4-2-5-12(15)17)19-13-6-3-7-14-10(13)8-18-20-14/h2-9,19H,1H3,(H,18,20). The minimum atomic E-state index is -0.552. The number of anilines is 1. The Morgan fingerprint density at radius 3 is 2.55 bits per heavy atom. The summed E-state index contributed by atoms with van der Waals surface area (Å²) >= 11 is 0. The van der Waals surface area contributed by atoms with Gasteiger partial charge in [0.15, 0.2) is 0 Å². The molecule has 1 heterocycles. The normalized spacial score (nSPS) is 12.6. The van der Waals surface area contributed by atoms with Crippen molar-refractivity contribution < 1.29 is 8.78 Å². The third kappa shape index (κ3) is 2.11. The lowest BCUT2D eigenvalue weighted by Gasteiger charge is -2.17. The summed E-state index contributed by atoms with van der Waals surface area (Å²) in [5.74, 6) is -1.10. The molecule has 1 aromatic heterocycles. The van der Waals surface area contributed by atoms with Gasteiger partial charge >= 0.3 is 0 Å². The van der Waals surface area contributed by atoms with Crippen LogP contribution in [0.2, 0.25) is 0 Å². The predicted octanol–water partition coefficient (Wildman–Crippen LogP) is 4.01. The van der Waals surface area contributed by atoms with Crippen molar-refractivity contribution in [3.05, 3.63) is 59.8 Å². The molecule has 0 aliphatic carbocycles. The highest BCUT2D eigenvalue weighted by Crippen LogP contribution is 2.28. The van der Waals surface area contributed by atoms with Crippen LogP contribution in [0.15, 0.2) is 42.6 Å². The van der Waals surface area contributed by atoms with E-state index < -0.39 is 17.7 Å². The Bertz CT molecular complexity index is 731. The van der Waals surface area contributed by atoms with E-state index in [9.17, 15) is 8.78 Å². The highest BCUT2D eigenvalue weighted by molar-refractivity contribution is 5.90. The van der Waals surface area contributed by atoms with Gasteiger partial charge in [-0.25, -0.2) is 8.78 Å². The molecule has 2 aromatic carbocycles. The molecule has 102 valence electrons.